The van der Waals surface area contributed by atoms with Crippen molar-refractivity contribution in [3.8, 4) is 0 Å². The maximum absolute atomic E-state index is 12.0. The van der Waals surface area contributed by atoms with Crippen molar-refractivity contribution in [1.29, 1.82) is 0 Å². The molecule has 2 saturated heterocycles. The molecule has 4 heterocycles. The number of aromatic nitrogens is 2. The van der Waals surface area contributed by atoms with Crippen molar-refractivity contribution in [3.63, 3.8) is 0 Å². The molecule has 4 rings (SSSR count). The smallest absolute Gasteiger partial charge is 0.270 e. The maximum atomic E-state index is 12.0. The zero-order chi connectivity index (χ0) is 16.0. The standard InChI is InChI=1S/C16H23N5O2/c1-10-18-14-13(2-5-17-16(14)23)15(19-10)20-6-3-11(4-7-20)21-8-12(22)9-21/h11-12,22H,2-9H2,1H3,(H,17,23). The van der Waals surface area contributed by atoms with Crippen LogP contribution in [0.4, 0.5) is 5.82 Å². The van der Waals surface area contributed by atoms with Gasteiger partial charge in [-0.25, -0.2) is 9.97 Å². The van der Waals surface area contributed by atoms with Crippen molar-refractivity contribution in [2.24, 2.45) is 0 Å². The van der Waals surface area contributed by atoms with E-state index < -0.39 is 0 Å². The third-order valence-corrected chi connectivity index (χ3v) is 5.14. The normalized spacial score (nSPS) is 23.4. The number of rotatable bonds is 2. The van der Waals surface area contributed by atoms with Crippen molar-refractivity contribution in [2.45, 2.75) is 38.3 Å². The van der Waals surface area contributed by atoms with Gasteiger partial charge in [-0.3, -0.25) is 9.69 Å². The number of carbonyl (C=O) groups is 1. The lowest BCUT2D eigenvalue weighted by molar-refractivity contribution is -0.0301. The highest BCUT2D eigenvalue weighted by molar-refractivity contribution is 5.96. The van der Waals surface area contributed by atoms with Crippen molar-refractivity contribution < 1.29 is 9.90 Å². The van der Waals surface area contributed by atoms with E-state index in [-0.39, 0.29) is 12.0 Å². The molecule has 23 heavy (non-hydrogen) atoms. The van der Waals surface area contributed by atoms with Gasteiger partial charge in [0.05, 0.1) is 6.10 Å². The number of fused-ring (bicyclic) bond motifs is 1. The van der Waals surface area contributed by atoms with Crippen LogP contribution in [0.25, 0.3) is 0 Å². The predicted octanol–water partition coefficient (Wildman–Crippen LogP) is -0.284. The Morgan fingerprint density at radius 3 is 2.65 bits per heavy atom. The van der Waals surface area contributed by atoms with Crippen molar-refractivity contribution in [2.75, 3.05) is 37.6 Å². The van der Waals surface area contributed by atoms with Crippen LogP contribution in [0.1, 0.15) is 34.7 Å². The van der Waals surface area contributed by atoms with Crippen LogP contribution in [0.3, 0.4) is 0 Å². The first-order valence-corrected chi connectivity index (χ1v) is 8.44. The molecule has 0 spiro atoms. The Morgan fingerprint density at radius 2 is 1.96 bits per heavy atom. The minimum Gasteiger partial charge on any atom is -0.390 e. The molecule has 124 valence electrons. The molecule has 0 saturated carbocycles. The van der Waals surface area contributed by atoms with Crippen LogP contribution in [0.5, 0.6) is 0 Å². The predicted molar refractivity (Wildman–Crippen MR) is 85.6 cm³/mol. The van der Waals surface area contributed by atoms with E-state index in [0.717, 1.165) is 56.8 Å². The molecule has 2 N–H and O–H groups in total. The van der Waals surface area contributed by atoms with Crippen LogP contribution in [0, 0.1) is 6.92 Å². The number of anilines is 1. The Hall–Kier alpha value is -1.73. The van der Waals surface area contributed by atoms with Gasteiger partial charge in [0, 0.05) is 44.3 Å². The van der Waals surface area contributed by atoms with Crippen molar-refractivity contribution in [1.82, 2.24) is 20.2 Å². The lowest BCUT2D eigenvalue weighted by Gasteiger charge is -2.45. The Morgan fingerprint density at radius 1 is 1.22 bits per heavy atom. The average Bonchev–Trinajstić information content (AvgIpc) is 2.52. The van der Waals surface area contributed by atoms with Gasteiger partial charge in [-0.15, -0.1) is 0 Å². The van der Waals surface area contributed by atoms with Crippen LogP contribution in [-0.4, -0.2) is 70.8 Å². The van der Waals surface area contributed by atoms with Gasteiger partial charge in [-0.1, -0.05) is 0 Å². The molecule has 1 aromatic heterocycles. The number of piperidine rings is 1. The number of aryl methyl sites for hydroxylation is 1. The van der Waals surface area contributed by atoms with Gasteiger partial charge in [-0.2, -0.15) is 0 Å². The molecule has 7 nitrogen and oxygen atoms in total. The molecule has 1 amide bonds. The van der Waals surface area contributed by atoms with Crippen LogP contribution in [0.2, 0.25) is 0 Å². The molecule has 0 radical (unpaired) electrons. The number of nitrogens with one attached hydrogen (secondary N) is 1. The van der Waals surface area contributed by atoms with Gasteiger partial charge in [0.2, 0.25) is 0 Å². The fourth-order valence-corrected chi connectivity index (χ4v) is 3.87. The fourth-order valence-electron chi connectivity index (χ4n) is 3.87. The Balaban J connectivity index is 1.52. The first-order valence-electron chi connectivity index (χ1n) is 8.44. The molecular formula is C16H23N5O2. The van der Waals surface area contributed by atoms with Gasteiger partial charge in [-0.05, 0) is 26.2 Å². The maximum Gasteiger partial charge on any atom is 0.270 e. The summed E-state index contributed by atoms with van der Waals surface area (Å²) in [5.74, 6) is 1.52. The molecule has 1 aromatic rings. The number of nitrogens with zero attached hydrogens (tertiary/aromatic N) is 4. The van der Waals surface area contributed by atoms with E-state index in [2.05, 4.69) is 25.1 Å². The summed E-state index contributed by atoms with van der Waals surface area (Å²) in [6, 6.07) is 0.566. The van der Waals surface area contributed by atoms with Crippen molar-refractivity contribution in [3.05, 3.63) is 17.1 Å². The van der Waals surface area contributed by atoms with Gasteiger partial charge in [0.25, 0.3) is 5.91 Å². The Kier molecular flexibility index (Phi) is 3.69. The summed E-state index contributed by atoms with van der Waals surface area (Å²) in [6.45, 7) is 6.02. The number of amides is 1. The van der Waals surface area contributed by atoms with E-state index in [9.17, 15) is 9.90 Å². The average molecular weight is 317 g/mol. The molecule has 0 aromatic carbocycles. The summed E-state index contributed by atoms with van der Waals surface area (Å²) >= 11 is 0. The van der Waals surface area contributed by atoms with Crippen LogP contribution in [-0.2, 0) is 6.42 Å². The van der Waals surface area contributed by atoms with Crippen molar-refractivity contribution >= 4 is 11.7 Å². The highest BCUT2D eigenvalue weighted by Gasteiger charge is 2.34. The molecule has 0 bridgehead atoms. The number of aliphatic hydroxyl groups excluding tert-OH is 1. The van der Waals surface area contributed by atoms with Gasteiger partial charge >= 0.3 is 0 Å². The zero-order valence-electron chi connectivity index (χ0n) is 13.5. The number of carbonyl (C=O) groups excluding carboxylic acids is 1. The summed E-state index contributed by atoms with van der Waals surface area (Å²) in [6.07, 6.45) is 2.82. The fraction of sp³-hybridized carbons (Fsp3) is 0.688. The number of aliphatic hydroxyl groups is 1. The van der Waals surface area contributed by atoms with E-state index in [4.69, 9.17) is 0 Å². The summed E-state index contributed by atoms with van der Waals surface area (Å²) in [4.78, 5) is 25.7. The number of β-amino-alcohol motifs (C(OH)–C–C–N with tert-alkyl or cyclic N) is 1. The zero-order valence-corrected chi connectivity index (χ0v) is 13.5. The lowest BCUT2D eigenvalue weighted by Crippen LogP contribution is -2.58. The van der Waals surface area contributed by atoms with Crippen LogP contribution < -0.4 is 10.2 Å². The molecule has 3 aliphatic heterocycles. The Labute approximate surface area is 135 Å². The summed E-state index contributed by atoms with van der Waals surface area (Å²) < 4.78 is 0. The van der Waals surface area contributed by atoms with Gasteiger partial charge in [0.15, 0.2) is 0 Å². The minimum atomic E-state index is -0.136. The molecule has 7 heteroatoms. The highest BCUT2D eigenvalue weighted by atomic mass is 16.3. The first kappa shape index (κ1) is 14.8. The third kappa shape index (κ3) is 2.68. The number of hydrogen-bond donors (Lipinski definition) is 2. The van der Waals surface area contributed by atoms with E-state index in [0.29, 0.717) is 24.1 Å². The van der Waals surface area contributed by atoms with Gasteiger partial charge in [0.1, 0.15) is 17.3 Å². The first-order chi connectivity index (χ1) is 11.1. The second kappa shape index (κ2) is 5.72. The number of hydrogen-bond acceptors (Lipinski definition) is 6. The Bertz CT molecular complexity index is 621. The SMILES string of the molecule is Cc1nc2c(c(N3CCC(N4CC(O)C4)CC3)n1)CCNC2=O. The quantitative estimate of drug-likeness (QED) is 0.780. The van der Waals surface area contributed by atoms with E-state index >= 15 is 0 Å². The van der Waals surface area contributed by atoms with E-state index in [1.54, 1.807) is 0 Å². The van der Waals surface area contributed by atoms with Crippen LogP contribution >= 0.6 is 0 Å². The molecule has 0 atom stereocenters. The second-order valence-electron chi connectivity index (χ2n) is 6.75. The summed E-state index contributed by atoms with van der Waals surface area (Å²) in [5.41, 5.74) is 1.55. The number of likely N-dealkylation sites (tertiary alicyclic amines) is 1. The summed E-state index contributed by atoms with van der Waals surface area (Å²) in [5, 5.41) is 12.3. The molecule has 0 unspecified atom stereocenters. The topological polar surface area (TPSA) is 81.6 Å². The monoisotopic (exact) mass is 317 g/mol. The van der Waals surface area contributed by atoms with Gasteiger partial charge < -0.3 is 15.3 Å². The third-order valence-electron chi connectivity index (χ3n) is 5.14. The minimum absolute atomic E-state index is 0.0811. The van der Waals surface area contributed by atoms with E-state index in [1.807, 2.05) is 6.92 Å². The highest BCUT2D eigenvalue weighted by Crippen LogP contribution is 2.28. The van der Waals surface area contributed by atoms with Crippen LogP contribution in [0.15, 0.2) is 0 Å². The lowest BCUT2D eigenvalue weighted by atomic mass is 9.97. The molecule has 2 fully saturated rings. The molecule has 3 aliphatic rings. The van der Waals surface area contributed by atoms with E-state index in [1.165, 1.54) is 0 Å². The largest absolute Gasteiger partial charge is 0.390 e. The second-order valence-corrected chi connectivity index (χ2v) is 6.75. The molecule has 0 aliphatic carbocycles. The summed E-state index contributed by atoms with van der Waals surface area (Å²) in [7, 11) is 0. The molecular weight excluding hydrogens is 294 g/mol.